The molecule has 1 saturated heterocycles. The summed E-state index contributed by atoms with van der Waals surface area (Å²) in [6, 6.07) is 7.99. The summed E-state index contributed by atoms with van der Waals surface area (Å²) in [5, 5.41) is 24.3. The number of carbonyl (C=O) groups excluding carboxylic acids is 1. The first kappa shape index (κ1) is 20.7. The fourth-order valence-electron chi connectivity index (χ4n) is 4.99. The molecule has 0 saturated carbocycles. The van der Waals surface area contributed by atoms with Crippen molar-refractivity contribution < 1.29 is 14.6 Å². The van der Waals surface area contributed by atoms with Gasteiger partial charge in [-0.25, -0.2) is 4.79 Å². The van der Waals surface area contributed by atoms with Crippen molar-refractivity contribution in [2.75, 3.05) is 13.6 Å². The van der Waals surface area contributed by atoms with E-state index in [-0.39, 0.29) is 18.2 Å². The quantitative estimate of drug-likeness (QED) is 0.809. The van der Waals surface area contributed by atoms with Crippen LogP contribution in [0.3, 0.4) is 0 Å². The monoisotopic (exact) mass is 410 g/mol. The number of carbonyl (C=O) groups is 1. The molecule has 1 fully saturated rings. The Kier molecular flexibility index (Phi) is 5.25. The Morgan fingerprint density at radius 3 is 2.83 bits per heavy atom. The van der Waals surface area contributed by atoms with Crippen molar-refractivity contribution in [3.8, 4) is 6.07 Å². The number of alkyl carbamates (subject to hydrolysis) is 1. The molecule has 0 bridgehead atoms. The second-order valence-electron chi connectivity index (χ2n) is 9.19. The van der Waals surface area contributed by atoms with Crippen LogP contribution in [0.2, 0.25) is 0 Å². The summed E-state index contributed by atoms with van der Waals surface area (Å²) >= 11 is 0. The van der Waals surface area contributed by atoms with Gasteiger partial charge in [-0.1, -0.05) is 0 Å². The minimum atomic E-state index is -0.748. The maximum absolute atomic E-state index is 12.1. The molecule has 2 aliphatic rings. The predicted molar refractivity (Wildman–Crippen MR) is 114 cm³/mol. The van der Waals surface area contributed by atoms with E-state index in [1.807, 2.05) is 39.0 Å². The third-order valence-electron chi connectivity index (χ3n) is 6.55. The Labute approximate surface area is 177 Å². The summed E-state index contributed by atoms with van der Waals surface area (Å²) in [4.78, 5) is 14.3. The molecule has 1 amide bonds. The van der Waals surface area contributed by atoms with Crippen LogP contribution in [0.15, 0.2) is 18.2 Å². The molecule has 4 rings (SSSR count). The van der Waals surface area contributed by atoms with Crippen LogP contribution in [0.5, 0.6) is 0 Å². The number of aliphatic hydroxyl groups is 1. The number of aromatic nitrogens is 1. The molecule has 0 spiro atoms. The molecule has 0 radical (unpaired) electrons. The molecule has 2 N–H and O–H groups in total. The molecule has 0 unspecified atom stereocenters. The summed E-state index contributed by atoms with van der Waals surface area (Å²) in [6.45, 7) is 7.11. The van der Waals surface area contributed by atoms with Gasteiger partial charge in [0.1, 0.15) is 0 Å². The number of fused-ring (bicyclic) bond motifs is 3. The Balaban J connectivity index is 1.69. The van der Waals surface area contributed by atoms with Crippen molar-refractivity contribution >= 4 is 17.0 Å². The topological polar surface area (TPSA) is 90.5 Å². The molecule has 30 heavy (non-hydrogen) atoms. The fourth-order valence-corrected chi connectivity index (χ4v) is 4.99. The van der Waals surface area contributed by atoms with E-state index in [0.717, 1.165) is 23.9 Å². The second-order valence-corrected chi connectivity index (χ2v) is 9.19. The van der Waals surface area contributed by atoms with Gasteiger partial charge in [-0.3, -0.25) is 4.90 Å². The van der Waals surface area contributed by atoms with E-state index in [1.54, 1.807) is 0 Å². The molecule has 2 heterocycles. The largest absolute Gasteiger partial charge is 0.447 e. The average Bonchev–Trinajstić information content (AvgIpc) is 3.27. The van der Waals surface area contributed by atoms with Gasteiger partial charge < -0.3 is 19.7 Å². The first-order chi connectivity index (χ1) is 14.2. The third-order valence-corrected chi connectivity index (χ3v) is 6.55. The van der Waals surface area contributed by atoms with Gasteiger partial charge in [-0.2, -0.15) is 5.26 Å². The molecule has 3 atom stereocenters. The zero-order valence-corrected chi connectivity index (χ0v) is 18.1. The molecule has 1 aliphatic carbocycles. The number of likely N-dealkylation sites (tertiary alicyclic amines) is 1. The van der Waals surface area contributed by atoms with E-state index in [9.17, 15) is 15.2 Å². The summed E-state index contributed by atoms with van der Waals surface area (Å²) < 4.78 is 7.53. The van der Waals surface area contributed by atoms with Crippen LogP contribution in [0.4, 0.5) is 4.79 Å². The summed E-state index contributed by atoms with van der Waals surface area (Å²) in [6.07, 6.45) is 1.60. The van der Waals surface area contributed by atoms with E-state index in [1.165, 1.54) is 11.3 Å². The van der Waals surface area contributed by atoms with Gasteiger partial charge >= 0.3 is 6.09 Å². The van der Waals surface area contributed by atoms with E-state index in [4.69, 9.17) is 4.74 Å². The van der Waals surface area contributed by atoms with Crippen LogP contribution in [0.25, 0.3) is 10.9 Å². The number of hydrogen-bond acceptors (Lipinski definition) is 5. The van der Waals surface area contributed by atoms with Crippen LogP contribution in [0, 0.1) is 11.3 Å². The third kappa shape index (κ3) is 3.66. The Morgan fingerprint density at radius 2 is 2.20 bits per heavy atom. The lowest BCUT2D eigenvalue weighted by Crippen LogP contribution is -2.44. The van der Waals surface area contributed by atoms with E-state index in [2.05, 4.69) is 27.9 Å². The first-order valence-corrected chi connectivity index (χ1v) is 10.6. The van der Waals surface area contributed by atoms with Crippen LogP contribution in [-0.2, 0) is 24.1 Å². The number of rotatable bonds is 4. The molecule has 1 aromatic carbocycles. The van der Waals surface area contributed by atoms with Gasteiger partial charge in [-0.15, -0.1) is 0 Å². The maximum atomic E-state index is 12.1. The highest BCUT2D eigenvalue weighted by molar-refractivity contribution is 5.88. The van der Waals surface area contributed by atoms with Crippen molar-refractivity contribution in [3.05, 3.63) is 35.0 Å². The van der Waals surface area contributed by atoms with Crippen LogP contribution in [-0.4, -0.2) is 58.0 Å². The Hall–Kier alpha value is -2.56. The van der Waals surface area contributed by atoms with Crippen LogP contribution >= 0.6 is 0 Å². The lowest BCUT2D eigenvalue weighted by atomic mass is 9.97. The molecule has 1 aliphatic heterocycles. The number of ether oxygens (including phenoxy) is 1. The predicted octanol–water partition coefficient (Wildman–Crippen LogP) is 2.57. The standard InChI is InChI=1S/C23H30N4O3/c1-14(2)30-22(28)25-16-10-18-17-9-15(12-24)5-6-19(17)27(20(18)11-16)13-21-23(3,29)7-8-26(21)4/h5-6,9,14,16,21,29H,7-8,10-11,13H2,1-4H3,(H,25,28)/t16-,21-,23-/m0/s1. The number of nitrogens with one attached hydrogen (secondary N) is 1. The number of nitrogens with zero attached hydrogens (tertiary/aromatic N) is 3. The van der Waals surface area contributed by atoms with Gasteiger partial charge in [0, 0.05) is 42.1 Å². The highest BCUT2D eigenvalue weighted by Crippen LogP contribution is 2.36. The normalized spacial score (nSPS) is 26.2. The van der Waals surface area contributed by atoms with Gasteiger partial charge in [-0.05, 0) is 64.4 Å². The Bertz CT molecular complexity index is 1020. The van der Waals surface area contributed by atoms with Crippen LogP contribution < -0.4 is 5.32 Å². The molecular formula is C23H30N4O3. The number of likely N-dealkylation sites (N-methyl/N-ethyl adjacent to an activating group) is 1. The molecule has 160 valence electrons. The summed E-state index contributed by atoms with van der Waals surface area (Å²) in [7, 11) is 2.05. The van der Waals surface area contributed by atoms with Gasteiger partial charge in [0.25, 0.3) is 0 Å². The maximum Gasteiger partial charge on any atom is 0.407 e. The number of benzene rings is 1. The van der Waals surface area contributed by atoms with Crippen molar-refractivity contribution in [2.24, 2.45) is 0 Å². The highest BCUT2D eigenvalue weighted by Gasteiger charge is 2.42. The minimum Gasteiger partial charge on any atom is -0.447 e. The smallest absolute Gasteiger partial charge is 0.407 e. The number of nitriles is 1. The molecule has 1 aromatic heterocycles. The van der Waals surface area contributed by atoms with Crippen molar-refractivity contribution in [1.29, 1.82) is 5.26 Å². The molecule has 2 aromatic rings. The van der Waals surface area contributed by atoms with Gasteiger partial charge in [0.15, 0.2) is 0 Å². The van der Waals surface area contributed by atoms with Crippen LogP contribution in [0.1, 0.15) is 44.0 Å². The zero-order valence-electron chi connectivity index (χ0n) is 18.1. The van der Waals surface area contributed by atoms with E-state index < -0.39 is 11.7 Å². The van der Waals surface area contributed by atoms with Gasteiger partial charge in [0.2, 0.25) is 0 Å². The van der Waals surface area contributed by atoms with Gasteiger partial charge in [0.05, 0.1) is 29.4 Å². The molecule has 7 nitrogen and oxygen atoms in total. The van der Waals surface area contributed by atoms with Crippen molar-refractivity contribution in [1.82, 2.24) is 14.8 Å². The SMILES string of the molecule is CC(C)OC(=O)N[C@H]1Cc2c(n(C[C@@H]3N(C)CC[C@]3(C)O)c3ccc(C#N)cc23)C1. The zero-order chi connectivity index (χ0) is 21.6. The summed E-state index contributed by atoms with van der Waals surface area (Å²) in [5.74, 6) is 0. The number of hydrogen-bond donors (Lipinski definition) is 2. The molecular weight excluding hydrogens is 380 g/mol. The number of amides is 1. The first-order valence-electron chi connectivity index (χ1n) is 10.6. The molecule has 7 heteroatoms. The second kappa shape index (κ2) is 7.60. The summed E-state index contributed by atoms with van der Waals surface area (Å²) in [5.41, 5.74) is 3.31. The van der Waals surface area contributed by atoms with E-state index >= 15 is 0 Å². The Morgan fingerprint density at radius 1 is 1.43 bits per heavy atom. The highest BCUT2D eigenvalue weighted by atomic mass is 16.6. The fraction of sp³-hybridized carbons (Fsp3) is 0.565. The average molecular weight is 411 g/mol. The van der Waals surface area contributed by atoms with E-state index in [0.29, 0.717) is 24.9 Å². The van der Waals surface area contributed by atoms with Crippen molar-refractivity contribution in [3.63, 3.8) is 0 Å². The minimum absolute atomic E-state index is 0.00533. The van der Waals surface area contributed by atoms with Crippen molar-refractivity contribution in [2.45, 2.75) is 70.4 Å². The lowest BCUT2D eigenvalue weighted by molar-refractivity contribution is 0.0190. The lowest BCUT2D eigenvalue weighted by Gasteiger charge is -2.31.